The molecule has 1 N–H and O–H groups in total. The highest BCUT2D eigenvalue weighted by Gasteiger charge is 2.46. The SMILES string of the molecule is CNC(=O)c1c2cc(C3CC3)c(N(CCCC(=O)CS(=O)(=O)C(F)(F)F)S(C)(=O)=O)cc2nn1-c1ccc(Cl)cc1. The molecule has 0 saturated heterocycles. The number of nitrogens with one attached hydrogen (secondary N) is 1. The normalized spacial score (nSPS) is 14.3. The number of hydrogen-bond donors (Lipinski definition) is 1. The molecule has 10 nitrogen and oxygen atoms in total. The standard InChI is InChI=1S/C25H26ClF3N4O6S2/c1-30-24(35)23-20-12-19(15-5-6-15)22(13-21(20)31-33(23)17-9-7-16(26)8-10-17)32(40(2,36)37)11-3-4-18(34)14-41(38,39)25(27,28)29/h7-10,12-13,15H,3-6,11,14H2,1-2H3,(H,30,35). The summed E-state index contributed by atoms with van der Waals surface area (Å²) in [7, 11) is -8.12. The Balaban J connectivity index is 1.73. The van der Waals surface area contributed by atoms with Crippen LogP contribution in [0.4, 0.5) is 18.9 Å². The Morgan fingerprint density at radius 3 is 2.29 bits per heavy atom. The van der Waals surface area contributed by atoms with Crippen LogP contribution in [0.2, 0.25) is 5.02 Å². The number of hydrogen-bond acceptors (Lipinski definition) is 7. The van der Waals surface area contributed by atoms with Crippen LogP contribution in [0, 0.1) is 0 Å². The predicted octanol–water partition coefficient (Wildman–Crippen LogP) is 3.97. The largest absolute Gasteiger partial charge is 0.497 e. The minimum Gasteiger partial charge on any atom is -0.354 e. The second kappa shape index (κ2) is 11.2. The van der Waals surface area contributed by atoms with Gasteiger partial charge in [0.05, 0.1) is 23.1 Å². The van der Waals surface area contributed by atoms with Crippen LogP contribution in [0.1, 0.15) is 47.7 Å². The number of carbonyl (C=O) groups is 2. The van der Waals surface area contributed by atoms with Crippen molar-refractivity contribution in [2.24, 2.45) is 0 Å². The van der Waals surface area contributed by atoms with Gasteiger partial charge >= 0.3 is 5.51 Å². The van der Waals surface area contributed by atoms with Crippen molar-refractivity contribution in [2.45, 2.75) is 37.1 Å². The van der Waals surface area contributed by atoms with E-state index in [0.717, 1.165) is 23.4 Å². The molecule has 1 amide bonds. The zero-order valence-electron chi connectivity index (χ0n) is 21.9. The van der Waals surface area contributed by atoms with Gasteiger partial charge in [-0.1, -0.05) is 11.6 Å². The van der Waals surface area contributed by atoms with E-state index in [-0.39, 0.29) is 30.3 Å². The summed E-state index contributed by atoms with van der Waals surface area (Å²) < 4.78 is 88.7. The van der Waals surface area contributed by atoms with Crippen LogP contribution in [-0.2, 0) is 24.7 Å². The third-order valence-corrected chi connectivity index (χ3v) is 9.38. The van der Waals surface area contributed by atoms with Gasteiger partial charge in [0.25, 0.3) is 15.7 Å². The maximum Gasteiger partial charge on any atom is 0.497 e. The van der Waals surface area contributed by atoms with E-state index in [1.54, 1.807) is 30.3 Å². The number of ketones is 1. The predicted molar refractivity (Wildman–Crippen MR) is 148 cm³/mol. The van der Waals surface area contributed by atoms with E-state index >= 15 is 0 Å². The first-order chi connectivity index (χ1) is 19.0. The van der Waals surface area contributed by atoms with Gasteiger partial charge in [0.15, 0.2) is 0 Å². The van der Waals surface area contributed by atoms with Crippen LogP contribution in [0.3, 0.4) is 0 Å². The molecule has 0 aliphatic heterocycles. The zero-order chi connectivity index (χ0) is 30.3. The average molecular weight is 635 g/mol. The monoisotopic (exact) mass is 634 g/mol. The van der Waals surface area contributed by atoms with Gasteiger partial charge in [-0.15, -0.1) is 0 Å². The third kappa shape index (κ3) is 6.67. The number of fused-ring (bicyclic) bond motifs is 1. The van der Waals surface area contributed by atoms with Crippen molar-refractivity contribution in [3.05, 3.63) is 52.7 Å². The Kier molecular flexibility index (Phi) is 8.45. The highest BCUT2D eigenvalue weighted by atomic mass is 35.5. The second-order valence-corrected chi connectivity index (χ2v) is 14.0. The summed E-state index contributed by atoms with van der Waals surface area (Å²) >= 11 is 6.01. The van der Waals surface area contributed by atoms with Gasteiger partial charge in [-0.05, 0) is 67.1 Å². The van der Waals surface area contributed by atoms with Crippen LogP contribution in [0.5, 0.6) is 0 Å². The van der Waals surface area contributed by atoms with E-state index in [0.29, 0.717) is 27.2 Å². The number of halogens is 4. The van der Waals surface area contributed by atoms with E-state index in [1.807, 2.05) is 0 Å². The van der Waals surface area contributed by atoms with Crippen LogP contribution >= 0.6 is 11.6 Å². The molecule has 41 heavy (non-hydrogen) atoms. The van der Waals surface area contributed by atoms with Gasteiger partial charge in [-0.2, -0.15) is 18.3 Å². The van der Waals surface area contributed by atoms with Gasteiger partial charge < -0.3 is 5.32 Å². The maximum atomic E-state index is 12.9. The van der Waals surface area contributed by atoms with Crippen molar-refractivity contribution in [2.75, 3.05) is 29.9 Å². The fraction of sp³-hybridized carbons (Fsp3) is 0.400. The Labute approximate surface area is 239 Å². The van der Waals surface area contributed by atoms with Gasteiger partial charge in [-0.25, -0.2) is 21.5 Å². The molecule has 1 heterocycles. The van der Waals surface area contributed by atoms with Crippen molar-refractivity contribution in [1.29, 1.82) is 0 Å². The lowest BCUT2D eigenvalue weighted by atomic mass is 10.0. The number of rotatable bonds is 11. The molecule has 1 fully saturated rings. The molecule has 1 aliphatic carbocycles. The first-order valence-corrected chi connectivity index (χ1v) is 16.2. The number of carbonyl (C=O) groups excluding carboxylic acids is 2. The molecule has 2 aromatic carbocycles. The number of aromatic nitrogens is 2. The Bertz CT molecular complexity index is 1720. The van der Waals surface area contributed by atoms with Crippen molar-refractivity contribution >= 4 is 59.7 Å². The molecular formula is C25H26ClF3N4O6S2. The topological polar surface area (TPSA) is 136 Å². The zero-order valence-corrected chi connectivity index (χ0v) is 24.3. The van der Waals surface area contributed by atoms with Gasteiger partial charge in [-0.3, -0.25) is 13.9 Å². The third-order valence-electron chi connectivity index (χ3n) is 6.54. The molecule has 0 radical (unpaired) electrons. The maximum absolute atomic E-state index is 12.9. The van der Waals surface area contributed by atoms with Crippen molar-refractivity contribution in [3.63, 3.8) is 0 Å². The summed E-state index contributed by atoms with van der Waals surface area (Å²) in [5, 5.41) is 8.11. The van der Waals surface area contributed by atoms with Crippen LogP contribution in [-0.4, -0.2) is 69.4 Å². The molecule has 3 aromatic rings. The summed E-state index contributed by atoms with van der Waals surface area (Å²) in [4.78, 5) is 25.0. The lowest BCUT2D eigenvalue weighted by Gasteiger charge is -2.25. The van der Waals surface area contributed by atoms with Crippen LogP contribution < -0.4 is 9.62 Å². The van der Waals surface area contributed by atoms with E-state index in [4.69, 9.17) is 11.6 Å². The fourth-order valence-corrected chi connectivity index (χ4v) is 6.27. The minimum atomic E-state index is -5.63. The number of amides is 1. The molecule has 0 atom stereocenters. The van der Waals surface area contributed by atoms with Gasteiger partial charge in [0.1, 0.15) is 17.2 Å². The number of anilines is 1. The number of alkyl halides is 3. The number of sulfonamides is 1. The molecule has 222 valence electrons. The smallest absolute Gasteiger partial charge is 0.354 e. The van der Waals surface area contributed by atoms with Gasteiger partial charge in [0, 0.05) is 30.4 Å². The summed E-state index contributed by atoms with van der Waals surface area (Å²) in [5.74, 6) is -3.32. The van der Waals surface area contributed by atoms with Crippen molar-refractivity contribution in [3.8, 4) is 5.69 Å². The molecule has 16 heteroatoms. The molecular weight excluding hydrogens is 609 g/mol. The minimum absolute atomic E-state index is 0.00590. The number of nitrogens with zero attached hydrogens (tertiary/aromatic N) is 3. The summed E-state index contributed by atoms with van der Waals surface area (Å²) in [6, 6.07) is 9.84. The van der Waals surface area contributed by atoms with E-state index in [2.05, 4.69) is 10.4 Å². The summed E-state index contributed by atoms with van der Waals surface area (Å²) in [6.07, 6.45) is 1.69. The highest BCUT2D eigenvalue weighted by molar-refractivity contribution is 7.93. The average Bonchev–Trinajstić information content (AvgIpc) is 3.64. The van der Waals surface area contributed by atoms with Crippen molar-refractivity contribution in [1.82, 2.24) is 15.1 Å². The second-order valence-electron chi connectivity index (χ2n) is 9.70. The molecule has 4 rings (SSSR count). The van der Waals surface area contributed by atoms with E-state index in [9.17, 15) is 39.6 Å². The Morgan fingerprint density at radius 2 is 1.76 bits per heavy atom. The van der Waals surface area contributed by atoms with Gasteiger partial charge in [0.2, 0.25) is 10.0 Å². The first-order valence-electron chi connectivity index (χ1n) is 12.4. The van der Waals surface area contributed by atoms with Crippen molar-refractivity contribution < 1.29 is 39.6 Å². The fourth-order valence-electron chi connectivity index (χ4n) is 4.43. The summed E-state index contributed by atoms with van der Waals surface area (Å²) in [5.41, 5.74) is -3.60. The Morgan fingerprint density at radius 1 is 1.12 bits per heavy atom. The Hall–Kier alpha value is -3.17. The molecule has 1 saturated carbocycles. The van der Waals surface area contributed by atoms with Crippen LogP contribution in [0.25, 0.3) is 16.6 Å². The van der Waals surface area contributed by atoms with Crippen LogP contribution in [0.15, 0.2) is 36.4 Å². The quantitative estimate of drug-likeness (QED) is 0.337. The number of Topliss-reactive ketones (excluding diaryl/α,β-unsaturated/α-hetero) is 1. The number of sulfone groups is 1. The van der Waals surface area contributed by atoms with E-state index in [1.165, 1.54) is 17.8 Å². The lowest BCUT2D eigenvalue weighted by molar-refractivity contribution is -0.117. The lowest BCUT2D eigenvalue weighted by Crippen LogP contribution is -2.33. The first kappa shape index (κ1) is 30.8. The summed E-state index contributed by atoms with van der Waals surface area (Å²) in [6.45, 7) is -0.290. The van der Waals surface area contributed by atoms with E-state index < -0.39 is 49.2 Å². The number of benzene rings is 2. The molecule has 0 bridgehead atoms. The highest BCUT2D eigenvalue weighted by Crippen LogP contribution is 2.46. The molecule has 1 aromatic heterocycles. The molecule has 0 unspecified atom stereocenters. The molecule has 0 spiro atoms. The molecule has 1 aliphatic rings.